The van der Waals surface area contributed by atoms with E-state index in [9.17, 15) is 53.7 Å². The van der Waals surface area contributed by atoms with Crippen molar-refractivity contribution in [2.75, 3.05) is 39.3 Å². The number of nitrogens with zero attached hydrogens (tertiary/aromatic N) is 3. The van der Waals surface area contributed by atoms with Crippen molar-refractivity contribution in [1.29, 1.82) is 0 Å². The minimum absolute atomic E-state index is 0. The smallest absolute Gasteiger partial charge is 0.549 e. The maximum Gasteiger partial charge on any atom is 3.00 e. The molecular formula is C27H34AlN3O11. The minimum atomic E-state index is -1.31. The molecule has 3 saturated heterocycles. The summed E-state index contributed by atoms with van der Waals surface area (Å²) in [5, 5.41) is 29.4. The van der Waals surface area contributed by atoms with Gasteiger partial charge in [0.15, 0.2) is 0 Å². The Kier molecular flexibility index (Phi) is 15.1. The fourth-order valence-electron chi connectivity index (χ4n) is 2.77. The molecule has 3 heterocycles. The first-order valence-electron chi connectivity index (χ1n) is 12.9. The van der Waals surface area contributed by atoms with Gasteiger partial charge < -0.3 is 44.4 Å². The van der Waals surface area contributed by atoms with Crippen LogP contribution in [0.3, 0.4) is 0 Å². The van der Waals surface area contributed by atoms with E-state index in [1.165, 1.54) is 47.6 Å². The molecule has 4 rings (SSSR count). The maximum atomic E-state index is 12.4. The van der Waals surface area contributed by atoms with Crippen LogP contribution in [0.15, 0.2) is 23.2 Å². The molecule has 0 amide bonds. The van der Waals surface area contributed by atoms with E-state index in [1.807, 2.05) is 14.7 Å². The van der Waals surface area contributed by atoms with E-state index < -0.39 is 35.7 Å². The summed E-state index contributed by atoms with van der Waals surface area (Å²) < 4.78 is 0. The first-order valence-corrected chi connectivity index (χ1v) is 12.9. The van der Waals surface area contributed by atoms with Crippen molar-refractivity contribution in [1.82, 2.24) is 14.7 Å². The molecule has 0 N–H and O–H groups in total. The van der Waals surface area contributed by atoms with Crippen LogP contribution in [0.1, 0.15) is 41.5 Å². The number of carboxylic acids is 3. The van der Waals surface area contributed by atoms with Crippen LogP contribution in [0.2, 0.25) is 0 Å². The molecule has 3 atom stereocenters. The zero-order valence-corrected chi connectivity index (χ0v) is 25.6. The Hall–Kier alpha value is -3.83. The molecule has 1 aliphatic carbocycles. The van der Waals surface area contributed by atoms with Gasteiger partial charge in [-0.2, -0.15) is 0 Å². The van der Waals surface area contributed by atoms with Crippen molar-refractivity contribution >= 4 is 64.2 Å². The molecule has 0 aromatic heterocycles. The monoisotopic (exact) mass is 603 g/mol. The molecule has 0 spiro atoms. The summed E-state index contributed by atoms with van der Waals surface area (Å²) in [7, 11) is 0. The van der Waals surface area contributed by atoms with Gasteiger partial charge >= 0.3 is 17.4 Å². The first kappa shape index (κ1) is 38.2. The Morgan fingerprint density at radius 1 is 0.595 bits per heavy atom. The van der Waals surface area contributed by atoms with Crippen molar-refractivity contribution in [2.45, 2.75) is 41.5 Å². The quantitative estimate of drug-likeness (QED) is 0.105. The third-order valence-electron chi connectivity index (χ3n) is 6.38. The van der Waals surface area contributed by atoms with Crippen molar-refractivity contribution in [3.05, 3.63) is 23.2 Å². The Morgan fingerprint density at radius 2 is 0.881 bits per heavy atom. The molecule has 0 bridgehead atoms. The second-order valence-electron chi connectivity index (χ2n) is 9.84. The molecule has 0 aromatic carbocycles. The summed E-state index contributed by atoms with van der Waals surface area (Å²) in [6.07, 6.45) is 1.52. The summed E-state index contributed by atoms with van der Waals surface area (Å²) in [4.78, 5) is 90.4. The number of hydrogen-bond donors (Lipinski definition) is 0. The largest absolute Gasteiger partial charge is 3.00 e. The van der Waals surface area contributed by atoms with E-state index in [1.54, 1.807) is 0 Å². The van der Waals surface area contributed by atoms with Gasteiger partial charge in [-0.15, -0.1) is 0 Å². The number of carboxylic acid groups (broad SMARTS) is 3. The SMILES string of the molecule is CC(=O)C(C)C(=O)[O-].CC(=O)C(C)C(=O)[O-].CC(=O)C(C)C(=O)[O-].O=C1C=C(N2CC2)C(=O)C(N2CC2)=C1N1CC1.[Al+3]. The molecule has 42 heavy (non-hydrogen) atoms. The van der Waals surface area contributed by atoms with Crippen LogP contribution >= 0.6 is 0 Å². The second kappa shape index (κ2) is 16.6. The van der Waals surface area contributed by atoms with E-state index in [0.29, 0.717) is 17.1 Å². The standard InChI is InChI=1S/C12H13N3O2.3C5H8O3.Al/c16-9-7-8(13-1-2-13)12(17)11(15-5-6-15)10(9)14-3-4-14;3*1-3(4(2)6)5(7)8;/h7H,1-6H2;3*3H,1-2H3,(H,7,8);/q;;;;+3/p-3. The Labute approximate surface area is 254 Å². The zero-order chi connectivity index (χ0) is 31.8. The molecule has 3 fully saturated rings. The van der Waals surface area contributed by atoms with Crippen LogP contribution in [-0.2, 0) is 38.4 Å². The van der Waals surface area contributed by atoms with Gasteiger partial charge in [0.2, 0.25) is 11.6 Å². The summed E-state index contributed by atoms with van der Waals surface area (Å²) in [6, 6.07) is 0. The molecule has 226 valence electrons. The van der Waals surface area contributed by atoms with Crippen LogP contribution in [-0.4, -0.2) is 118 Å². The molecule has 0 aromatic rings. The summed E-state index contributed by atoms with van der Waals surface area (Å²) >= 11 is 0. The van der Waals surface area contributed by atoms with Crippen LogP contribution in [0.5, 0.6) is 0 Å². The maximum absolute atomic E-state index is 12.4. The average molecular weight is 604 g/mol. The average Bonchev–Trinajstić information content (AvgIpc) is 3.72. The fraction of sp³-hybridized carbons (Fsp3) is 0.556. The van der Waals surface area contributed by atoms with Crippen LogP contribution in [0.4, 0.5) is 0 Å². The third-order valence-corrected chi connectivity index (χ3v) is 6.38. The van der Waals surface area contributed by atoms with E-state index >= 15 is 0 Å². The zero-order valence-electron chi connectivity index (χ0n) is 24.5. The number of ketones is 5. The van der Waals surface area contributed by atoms with Crippen LogP contribution < -0.4 is 15.3 Å². The minimum Gasteiger partial charge on any atom is -0.549 e. The molecule has 4 aliphatic rings. The van der Waals surface area contributed by atoms with Gasteiger partial charge in [-0.05, 0) is 20.8 Å². The van der Waals surface area contributed by atoms with Gasteiger partial charge in [0, 0.05) is 45.3 Å². The molecule has 14 nitrogen and oxygen atoms in total. The van der Waals surface area contributed by atoms with Gasteiger partial charge in [-0.3, -0.25) is 24.0 Å². The van der Waals surface area contributed by atoms with Crippen molar-refractivity contribution in [2.24, 2.45) is 17.8 Å². The topological polar surface area (TPSA) is 215 Å². The number of hydrogen-bond acceptors (Lipinski definition) is 14. The normalized spacial score (nSPS) is 18.0. The molecule has 3 aliphatic heterocycles. The summed E-state index contributed by atoms with van der Waals surface area (Å²) in [5.41, 5.74) is 1.89. The van der Waals surface area contributed by atoms with Gasteiger partial charge in [0.25, 0.3) is 0 Å². The number of allylic oxidation sites excluding steroid dienone is 1. The van der Waals surface area contributed by atoms with E-state index in [0.717, 1.165) is 39.3 Å². The van der Waals surface area contributed by atoms with Crippen molar-refractivity contribution in [3.8, 4) is 0 Å². The van der Waals surface area contributed by atoms with Crippen molar-refractivity contribution < 1.29 is 53.7 Å². The molecular weight excluding hydrogens is 569 g/mol. The van der Waals surface area contributed by atoms with E-state index in [2.05, 4.69) is 0 Å². The number of aliphatic carboxylic acids is 3. The van der Waals surface area contributed by atoms with Gasteiger partial charge in [0.1, 0.15) is 28.7 Å². The number of carbonyl (C=O) groups is 8. The fourth-order valence-corrected chi connectivity index (χ4v) is 2.77. The Morgan fingerprint density at radius 3 is 1.10 bits per heavy atom. The number of carbonyl (C=O) groups excluding carboxylic acids is 8. The summed E-state index contributed by atoms with van der Waals surface area (Å²) in [5.74, 6) is -7.88. The van der Waals surface area contributed by atoms with Crippen molar-refractivity contribution in [3.63, 3.8) is 0 Å². The summed E-state index contributed by atoms with van der Waals surface area (Å²) in [6.45, 7) is 13.0. The van der Waals surface area contributed by atoms with E-state index in [4.69, 9.17) is 0 Å². The molecule has 3 unspecified atom stereocenters. The van der Waals surface area contributed by atoms with Gasteiger partial charge in [0.05, 0.1) is 41.4 Å². The van der Waals surface area contributed by atoms with Crippen LogP contribution in [0.25, 0.3) is 0 Å². The predicted molar refractivity (Wildman–Crippen MR) is 140 cm³/mol. The first-order chi connectivity index (χ1) is 18.9. The number of Topliss-reactive ketones (excluding diaryl/α,β-unsaturated/α-hetero) is 4. The Balaban J connectivity index is 0.000000581. The molecule has 15 heteroatoms. The predicted octanol–water partition coefficient (Wildman–Crippen LogP) is -4.32. The number of rotatable bonds is 9. The molecule has 0 saturated carbocycles. The third kappa shape index (κ3) is 12.0. The van der Waals surface area contributed by atoms with E-state index in [-0.39, 0.29) is 46.3 Å². The van der Waals surface area contributed by atoms with Gasteiger partial charge in [-0.1, -0.05) is 20.8 Å². The second-order valence-corrected chi connectivity index (χ2v) is 9.84. The van der Waals surface area contributed by atoms with Gasteiger partial charge in [-0.25, -0.2) is 0 Å². The van der Waals surface area contributed by atoms with Crippen LogP contribution in [0, 0.1) is 17.8 Å². The Bertz CT molecular complexity index is 1070. The molecule has 0 radical (unpaired) electrons.